The van der Waals surface area contributed by atoms with E-state index >= 15 is 0 Å². The lowest BCUT2D eigenvalue weighted by Gasteiger charge is -2.21. The normalized spacial score (nSPS) is 13.0. The Labute approximate surface area is 118 Å². The van der Waals surface area contributed by atoms with Gasteiger partial charge in [0, 0.05) is 6.04 Å². The Morgan fingerprint density at radius 2 is 1.68 bits per heavy atom. The van der Waals surface area contributed by atoms with Crippen molar-refractivity contribution in [3.63, 3.8) is 0 Å². The van der Waals surface area contributed by atoms with Crippen LogP contribution >= 0.6 is 0 Å². The third-order valence-corrected chi connectivity index (χ3v) is 3.30. The molecule has 0 aliphatic rings. The minimum atomic E-state index is 0.561. The second kappa shape index (κ2) is 8.21. The Kier molecular flexibility index (Phi) is 6.93. The van der Waals surface area contributed by atoms with Gasteiger partial charge in [-0.2, -0.15) is 0 Å². The van der Waals surface area contributed by atoms with Gasteiger partial charge in [-0.25, -0.2) is 0 Å². The van der Waals surface area contributed by atoms with E-state index < -0.39 is 0 Å². The first-order valence-corrected chi connectivity index (χ1v) is 7.37. The van der Waals surface area contributed by atoms with Gasteiger partial charge in [0.05, 0.1) is 7.11 Å². The average molecular weight is 263 g/mol. The van der Waals surface area contributed by atoms with Crippen molar-refractivity contribution in [3.05, 3.63) is 29.8 Å². The van der Waals surface area contributed by atoms with E-state index in [1.54, 1.807) is 7.11 Å². The Morgan fingerprint density at radius 1 is 1.05 bits per heavy atom. The van der Waals surface area contributed by atoms with Crippen molar-refractivity contribution in [1.82, 2.24) is 5.32 Å². The summed E-state index contributed by atoms with van der Waals surface area (Å²) in [7, 11) is 1.71. The van der Waals surface area contributed by atoms with Gasteiger partial charge in [0.15, 0.2) is 0 Å². The van der Waals surface area contributed by atoms with Gasteiger partial charge in [-0.05, 0) is 48.9 Å². The molecule has 2 nitrogen and oxygen atoms in total. The standard InChI is InChI=1S/C17H29NO/c1-13(2)10-16(12-18-14(3)4)11-15-6-8-17(19-5)9-7-15/h6-9,13-14,16,18H,10-12H2,1-5H3. The fourth-order valence-corrected chi connectivity index (χ4v) is 2.40. The van der Waals surface area contributed by atoms with Crippen molar-refractivity contribution in [2.24, 2.45) is 11.8 Å². The number of methoxy groups -OCH3 is 1. The third kappa shape index (κ3) is 6.63. The monoisotopic (exact) mass is 263 g/mol. The molecule has 1 rings (SSSR count). The minimum absolute atomic E-state index is 0.561. The smallest absolute Gasteiger partial charge is 0.118 e. The summed E-state index contributed by atoms with van der Waals surface area (Å²) in [5.74, 6) is 2.39. The number of hydrogen-bond donors (Lipinski definition) is 1. The maximum absolute atomic E-state index is 5.21. The second-order valence-corrected chi connectivity index (χ2v) is 6.11. The summed E-state index contributed by atoms with van der Waals surface area (Å²) in [6.45, 7) is 10.1. The summed E-state index contributed by atoms with van der Waals surface area (Å²) in [5.41, 5.74) is 1.40. The lowest BCUT2D eigenvalue weighted by Crippen LogP contribution is -2.30. The minimum Gasteiger partial charge on any atom is -0.497 e. The highest BCUT2D eigenvalue weighted by Crippen LogP contribution is 2.19. The molecule has 0 saturated carbocycles. The van der Waals surface area contributed by atoms with Crippen LogP contribution in [0.3, 0.4) is 0 Å². The van der Waals surface area contributed by atoms with Crippen LogP contribution in [0.4, 0.5) is 0 Å². The van der Waals surface area contributed by atoms with E-state index in [-0.39, 0.29) is 0 Å². The van der Waals surface area contributed by atoms with Gasteiger partial charge in [-0.1, -0.05) is 39.8 Å². The Morgan fingerprint density at radius 3 is 2.16 bits per heavy atom. The molecule has 108 valence electrons. The molecule has 0 aliphatic heterocycles. The molecule has 1 atom stereocenters. The van der Waals surface area contributed by atoms with Crippen LogP contribution in [-0.4, -0.2) is 19.7 Å². The molecule has 0 heterocycles. The predicted octanol–water partition coefficient (Wildman–Crippen LogP) is 3.90. The van der Waals surface area contributed by atoms with E-state index in [2.05, 4.69) is 57.3 Å². The summed E-state index contributed by atoms with van der Waals surface area (Å²) in [6, 6.07) is 9.03. The van der Waals surface area contributed by atoms with Crippen LogP contribution in [-0.2, 0) is 6.42 Å². The molecule has 1 unspecified atom stereocenters. The average Bonchev–Trinajstić information content (AvgIpc) is 2.36. The maximum atomic E-state index is 5.21. The van der Waals surface area contributed by atoms with Gasteiger partial charge in [0.2, 0.25) is 0 Å². The number of hydrogen-bond acceptors (Lipinski definition) is 2. The highest BCUT2D eigenvalue weighted by Gasteiger charge is 2.12. The van der Waals surface area contributed by atoms with E-state index in [1.165, 1.54) is 12.0 Å². The maximum Gasteiger partial charge on any atom is 0.118 e. The Hall–Kier alpha value is -1.02. The molecule has 0 spiro atoms. The molecule has 1 aromatic carbocycles. The first-order chi connectivity index (χ1) is 9.01. The summed E-state index contributed by atoms with van der Waals surface area (Å²) < 4.78 is 5.21. The molecular formula is C17H29NO. The lowest BCUT2D eigenvalue weighted by atomic mass is 9.90. The molecule has 0 fully saturated rings. The zero-order valence-electron chi connectivity index (χ0n) is 13.1. The zero-order valence-corrected chi connectivity index (χ0v) is 13.1. The number of ether oxygens (including phenoxy) is 1. The van der Waals surface area contributed by atoms with Crippen LogP contribution in [0.2, 0.25) is 0 Å². The molecule has 0 amide bonds. The van der Waals surface area contributed by atoms with Gasteiger partial charge >= 0.3 is 0 Å². The van der Waals surface area contributed by atoms with Crippen LogP contribution in [0.1, 0.15) is 39.7 Å². The molecule has 0 saturated heterocycles. The largest absolute Gasteiger partial charge is 0.497 e. The highest BCUT2D eigenvalue weighted by atomic mass is 16.5. The van der Waals surface area contributed by atoms with Crippen LogP contribution in [0.5, 0.6) is 5.75 Å². The van der Waals surface area contributed by atoms with Gasteiger partial charge in [-0.3, -0.25) is 0 Å². The second-order valence-electron chi connectivity index (χ2n) is 6.11. The summed E-state index contributed by atoms with van der Waals surface area (Å²) in [4.78, 5) is 0. The third-order valence-electron chi connectivity index (χ3n) is 3.30. The number of rotatable bonds is 8. The van der Waals surface area contributed by atoms with E-state index in [0.717, 1.165) is 24.6 Å². The van der Waals surface area contributed by atoms with Crippen molar-refractivity contribution in [2.75, 3.05) is 13.7 Å². The molecule has 2 heteroatoms. The van der Waals surface area contributed by atoms with Crippen LogP contribution in [0.15, 0.2) is 24.3 Å². The van der Waals surface area contributed by atoms with E-state index in [1.807, 2.05) is 0 Å². The number of nitrogens with one attached hydrogen (secondary N) is 1. The molecule has 0 bridgehead atoms. The molecule has 19 heavy (non-hydrogen) atoms. The number of benzene rings is 1. The topological polar surface area (TPSA) is 21.3 Å². The van der Waals surface area contributed by atoms with Crippen LogP contribution in [0.25, 0.3) is 0 Å². The van der Waals surface area contributed by atoms with Gasteiger partial charge in [0.1, 0.15) is 5.75 Å². The Balaban J connectivity index is 2.58. The van der Waals surface area contributed by atoms with Crippen molar-refractivity contribution in [2.45, 2.75) is 46.6 Å². The summed E-state index contributed by atoms with van der Waals surface area (Å²) in [5, 5.41) is 3.57. The van der Waals surface area contributed by atoms with Crippen LogP contribution in [0, 0.1) is 11.8 Å². The molecular weight excluding hydrogens is 234 g/mol. The van der Waals surface area contributed by atoms with E-state index in [0.29, 0.717) is 12.0 Å². The molecule has 1 aromatic rings. The fourth-order valence-electron chi connectivity index (χ4n) is 2.40. The van der Waals surface area contributed by atoms with E-state index in [4.69, 9.17) is 4.74 Å². The van der Waals surface area contributed by atoms with Crippen molar-refractivity contribution < 1.29 is 4.74 Å². The Bertz CT molecular complexity index is 343. The predicted molar refractivity (Wildman–Crippen MR) is 82.8 cm³/mol. The first kappa shape index (κ1) is 16.0. The molecule has 0 aromatic heterocycles. The van der Waals surface area contributed by atoms with Crippen molar-refractivity contribution in [1.29, 1.82) is 0 Å². The lowest BCUT2D eigenvalue weighted by molar-refractivity contribution is 0.372. The first-order valence-electron chi connectivity index (χ1n) is 7.37. The van der Waals surface area contributed by atoms with Gasteiger partial charge < -0.3 is 10.1 Å². The van der Waals surface area contributed by atoms with Crippen molar-refractivity contribution in [3.8, 4) is 5.75 Å². The SMILES string of the molecule is COc1ccc(CC(CNC(C)C)CC(C)C)cc1. The summed E-state index contributed by atoms with van der Waals surface area (Å²) in [6.07, 6.45) is 2.41. The van der Waals surface area contributed by atoms with Crippen LogP contribution < -0.4 is 10.1 Å². The van der Waals surface area contributed by atoms with Crippen molar-refractivity contribution >= 4 is 0 Å². The molecule has 1 N–H and O–H groups in total. The zero-order chi connectivity index (χ0) is 14.3. The summed E-state index contributed by atoms with van der Waals surface area (Å²) >= 11 is 0. The highest BCUT2D eigenvalue weighted by molar-refractivity contribution is 5.27. The molecule has 0 aliphatic carbocycles. The fraction of sp³-hybridized carbons (Fsp3) is 0.647. The molecule has 0 radical (unpaired) electrons. The quantitative estimate of drug-likeness (QED) is 0.768. The van der Waals surface area contributed by atoms with Gasteiger partial charge in [-0.15, -0.1) is 0 Å². The van der Waals surface area contributed by atoms with E-state index in [9.17, 15) is 0 Å². The van der Waals surface area contributed by atoms with Gasteiger partial charge in [0.25, 0.3) is 0 Å².